The fourth-order valence-corrected chi connectivity index (χ4v) is 7.35. The van der Waals surface area contributed by atoms with Gasteiger partial charge in [0.05, 0.1) is 23.7 Å². The van der Waals surface area contributed by atoms with E-state index < -0.39 is 21.6 Å². The first-order valence-electron chi connectivity index (χ1n) is 9.32. The van der Waals surface area contributed by atoms with Gasteiger partial charge in [-0.05, 0) is 36.4 Å². The Morgan fingerprint density at radius 2 is 1.90 bits per heavy atom. The molecule has 0 saturated carbocycles. The summed E-state index contributed by atoms with van der Waals surface area (Å²) in [5.41, 5.74) is 0.914. The number of hydrogen-bond donors (Lipinski definition) is 1. The number of fused-ring (bicyclic) bond motifs is 1. The van der Waals surface area contributed by atoms with Crippen molar-refractivity contribution in [3.8, 4) is 6.07 Å². The zero-order chi connectivity index (χ0) is 22.0. The number of hydrogen-bond acceptors (Lipinski definition) is 6. The highest BCUT2D eigenvalue weighted by Gasteiger charge is 2.49. The zero-order valence-corrected chi connectivity index (χ0v) is 17.7. The van der Waals surface area contributed by atoms with Crippen molar-refractivity contribution in [2.24, 2.45) is 4.99 Å². The lowest BCUT2D eigenvalue weighted by Crippen LogP contribution is -2.37. The Morgan fingerprint density at radius 1 is 1.19 bits per heavy atom. The molecule has 2 saturated heterocycles. The van der Waals surface area contributed by atoms with Crippen LogP contribution in [0.2, 0.25) is 0 Å². The summed E-state index contributed by atoms with van der Waals surface area (Å²) in [6.45, 7) is 0. The van der Waals surface area contributed by atoms with Gasteiger partial charge in [0, 0.05) is 16.6 Å². The van der Waals surface area contributed by atoms with E-state index in [2.05, 4.69) is 10.3 Å². The Hall–Kier alpha value is -3.16. The fraction of sp³-hybridized carbons (Fsp3) is 0.190. The van der Waals surface area contributed by atoms with E-state index in [9.17, 15) is 22.9 Å². The molecule has 2 aromatic carbocycles. The quantitative estimate of drug-likeness (QED) is 0.561. The van der Waals surface area contributed by atoms with E-state index in [1.165, 1.54) is 42.2 Å². The highest BCUT2D eigenvalue weighted by Crippen LogP contribution is 2.40. The van der Waals surface area contributed by atoms with E-state index >= 15 is 0 Å². The van der Waals surface area contributed by atoms with Crippen LogP contribution in [0.4, 0.5) is 15.8 Å². The van der Waals surface area contributed by atoms with Gasteiger partial charge in [-0.25, -0.2) is 17.8 Å². The molecular weight excluding hydrogens is 439 g/mol. The van der Waals surface area contributed by atoms with Crippen molar-refractivity contribution in [1.29, 1.82) is 5.26 Å². The number of para-hydroxylation sites is 1. The molecule has 1 amide bonds. The van der Waals surface area contributed by atoms with E-state index in [1.54, 1.807) is 0 Å². The lowest BCUT2D eigenvalue weighted by Gasteiger charge is -2.24. The van der Waals surface area contributed by atoms with Crippen LogP contribution in [0, 0.1) is 17.1 Å². The van der Waals surface area contributed by atoms with E-state index in [0.717, 1.165) is 5.69 Å². The summed E-state index contributed by atoms with van der Waals surface area (Å²) in [5, 5.41) is 12.3. The number of nitrogens with zero attached hydrogens (tertiary/aromatic N) is 3. The summed E-state index contributed by atoms with van der Waals surface area (Å²) < 4.78 is 37.3. The summed E-state index contributed by atoms with van der Waals surface area (Å²) in [6.07, 6.45) is 1.17. The van der Waals surface area contributed by atoms with Gasteiger partial charge in [0.2, 0.25) is 0 Å². The van der Waals surface area contributed by atoms with Gasteiger partial charge in [0.25, 0.3) is 5.91 Å². The Bertz CT molecular complexity index is 1210. The Balaban J connectivity index is 1.61. The minimum Gasteiger partial charge on any atom is -0.321 e. The lowest BCUT2D eigenvalue weighted by atomic mass is 10.2. The third-order valence-corrected chi connectivity index (χ3v) is 8.10. The molecule has 2 fully saturated rings. The Labute approximate surface area is 183 Å². The van der Waals surface area contributed by atoms with Crippen LogP contribution in [-0.2, 0) is 14.6 Å². The van der Waals surface area contributed by atoms with E-state index in [-0.39, 0.29) is 28.4 Å². The van der Waals surface area contributed by atoms with Crippen molar-refractivity contribution in [1.82, 2.24) is 0 Å². The molecule has 158 valence electrons. The second kappa shape index (κ2) is 8.53. The number of thioether (sulfide) groups is 1. The molecule has 2 aliphatic heterocycles. The van der Waals surface area contributed by atoms with Gasteiger partial charge in [0.1, 0.15) is 17.5 Å². The largest absolute Gasteiger partial charge is 0.321 e. The van der Waals surface area contributed by atoms with Crippen molar-refractivity contribution < 1.29 is 17.6 Å². The smallest absolute Gasteiger partial charge is 0.267 e. The molecule has 2 heterocycles. The highest BCUT2D eigenvalue weighted by molar-refractivity contribution is 8.16. The number of carbonyl (C=O) groups excluding carboxylic acids is 1. The third kappa shape index (κ3) is 4.62. The molecular formula is C21H17FN4O3S2. The lowest BCUT2D eigenvalue weighted by molar-refractivity contribution is -0.112. The average Bonchev–Trinajstić information content (AvgIpc) is 3.21. The predicted octanol–water partition coefficient (Wildman–Crippen LogP) is 2.95. The molecule has 1 N–H and O–H groups in total. The van der Waals surface area contributed by atoms with Crippen LogP contribution in [0.15, 0.2) is 71.4 Å². The maximum atomic E-state index is 13.0. The second-order valence-electron chi connectivity index (χ2n) is 7.03. The van der Waals surface area contributed by atoms with Crippen molar-refractivity contribution in [3.05, 3.63) is 72.2 Å². The molecule has 0 spiro atoms. The van der Waals surface area contributed by atoms with Crippen molar-refractivity contribution in [2.75, 3.05) is 21.7 Å². The standard InChI is InChI=1S/C21H17FN4O3S2/c22-15-6-8-16(9-7-15)25-20(27)14(10-23)11-24-21-26(17-4-2-1-3-5-17)18-12-31(28,29)13-19(18)30-21/h1-9,11,18-19H,12-13H2,(H,25,27)/b14-11+,24-21?/t18-,19+/m1/s1. The molecule has 0 radical (unpaired) electrons. The molecule has 31 heavy (non-hydrogen) atoms. The van der Waals surface area contributed by atoms with Crippen LogP contribution < -0.4 is 10.2 Å². The number of aliphatic imine (C=N–C) groups is 1. The number of sulfone groups is 1. The minimum atomic E-state index is -3.13. The predicted molar refractivity (Wildman–Crippen MR) is 119 cm³/mol. The SMILES string of the molecule is N#C/C(=C\N=C1S[C@H]2CS(=O)(=O)C[C@H]2N1c1ccccc1)C(=O)Nc1ccc(F)cc1. The van der Waals surface area contributed by atoms with Gasteiger partial charge in [-0.2, -0.15) is 5.26 Å². The zero-order valence-electron chi connectivity index (χ0n) is 16.1. The molecule has 0 unspecified atom stereocenters. The molecule has 0 aliphatic carbocycles. The van der Waals surface area contributed by atoms with Crippen LogP contribution >= 0.6 is 11.8 Å². The number of nitrogens with one attached hydrogen (secondary N) is 1. The first-order chi connectivity index (χ1) is 14.9. The average molecular weight is 457 g/mol. The number of anilines is 2. The summed E-state index contributed by atoms with van der Waals surface area (Å²) >= 11 is 1.33. The number of amidine groups is 1. The first kappa shape index (κ1) is 21.1. The molecule has 10 heteroatoms. The van der Waals surface area contributed by atoms with Crippen LogP contribution in [-0.4, -0.2) is 42.3 Å². The number of rotatable bonds is 4. The van der Waals surface area contributed by atoms with Crippen LogP contribution in [0.5, 0.6) is 0 Å². The van der Waals surface area contributed by atoms with Gasteiger partial charge in [-0.15, -0.1) is 0 Å². The molecule has 2 aliphatic rings. The number of carbonyl (C=O) groups is 1. The van der Waals surface area contributed by atoms with Crippen LogP contribution in [0.1, 0.15) is 0 Å². The Morgan fingerprint density at radius 3 is 2.58 bits per heavy atom. The summed E-state index contributed by atoms with van der Waals surface area (Å²) in [4.78, 5) is 18.6. The first-order valence-corrected chi connectivity index (χ1v) is 12.0. The van der Waals surface area contributed by atoms with Gasteiger partial charge in [0.15, 0.2) is 15.0 Å². The molecule has 2 atom stereocenters. The van der Waals surface area contributed by atoms with Gasteiger partial charge < -0.3 is 10.2 Å². The summed E-state index contributed by atoms with van der Waals surface area (Å²) in [6, 6.07) is 16.0. The van der Waals surface area contributed by atoms with Crippen LogP contribution in [0.25, 0.3) is 0 Å². The molecule has 2 aromatic rings. The second-order valence-corrected chi connectivity index (χ2v) is 10.4. The van der Waals surface area contributed by atoms with Crippen LogP contribution in [0.3, 0.4) is 0 Å². The van der Waals surface area contributed by atoms with Crippen molar-refractivity contribution in [3.63, 3.8) is 0 Å². The molecule has 0 aromatic heterocycles. The van der Waals surface area contributed by atoms with Gasteiger partial charge in [-0.1, -0.05) is 30.0 Å². The topological polar surface area (TPSA) is 103 Å². The molecule has 7 nitrogen and oxygen atoms in total. The normalized spacial score (nSPS) is 23.4. The number of halogens is 1. The monoisotopic (exact) mass is 456 g/mol. The molecule has 4 rings (SSSR count). The van der Waals surface area contributed by atoms with E-state index in [4.69, 9.17) is 0 Å². The van der Waals surface area contributed by atoms with Crippen molar-refractivity contribution >= 4 is 44.0 Å². The highest BCUT2D eigenvalue weighted by atomic mass is 32.2. The van der Waals surface area contributed by atoms with Gasteiger partial charge in [-0.3, -0.25) is 4.79 Å². The number of amides is 1. The number of nitriles is 1. The van der Waals surface area contributed by atoms with Gasteiger partial charge >= 0.3 is 0 Å². The third-order valence-electron chi connectivity index (χ3n) is 4.87. The molecule has 0 bridgehead atoms. The maximum absolute atomic E-state index is 13.0. The summed E-state index contributed by atoms with van der Waals surface area (Å²) in [5.74, 6) is -1.02. The van der Waals surface area contributed by atoms with E-state index in [0.29, 0.717) is 10.9 Å². The number of benzene rings is 2. The fourth-order valence-electron chi connectivity index (χ4n) is 3.46. The Kier molecular flexibility index (Phi) is 5.80. The maximum Gasteiger partial charge on any atom is 0.267 e. The van der Waals surface area contributed by atoms with Crippen molar-refractivity contribution in [2.45, 2.75) is 11.3 Å². The minimum absolute atomic E-state index is 0.0262. The summed E-state index contributed by atoms with van der Waals surface area (Å²) in [7, 11) is -3.13. The van der Waals surface area contributed by atoms with E-state index in [1.807, 2.05) is 41.3 Å².